The fourth-order valence-electron chi connectivity index (χ4n) is 9.22. The number of nitrogens with zero attached hydrogens (tertiary/aromatic N) is 5. The number of benzene rings is 3. The molecule has 2 saturated heterocycles. The van der Waals surface area contributed by atoms with Crippen molar-refractivity contribution in [2.24, 2.45) is 22.6 Å². The van der Waals surface area contributed by atoms with Crippen LogP contribution in [0.3, 0.4) is 0 Å². The molecule has 2 fully saturated rings. The molecule has 3 aliphatic rings. The summed E-state index contributed by atoms with van der Waals surface area (Å²) in [5, 5.41) is 14.1. The summed E-state index contributed by atoms with van der Waals surface area (Å²) >= 11 is 0. The number of amides is 3. The highest BCUT2D eigenvalue weighted by Crippen LogP contribution is 2.47. The van der Waals surface area contributed by atoms with Gasteiger partial charge in [-0.25, -0.2) is 9.37 Å². The number of likely N-dealkylation sites (tertiary alicyclic amines) is 2. The fraction of sp³-hybridized carbons (Fsp3) is 0.367. The zero-order valence-corrected chi connectivity index (χ0v) is 36.3. The van der Waals surface area contributed by atoms with E-state index in [1.807, 2.05) is 74.4 Å². The van der Waals surface area contributed by atoms with Gasteiger partial charge in [0, 0.05) is 41.5 Å². The minimum Gasteiger partial charge on any atom is -0.508 e. The summed E-state index contributed by atoms with van der Waals surface area (Å²) in [6, 6.07) is 16.3. The summed E-state index contributed by atoms with van der Waals surface area (Å²) in [5.74, 6) is 0.306. The van der Waals surface area contributed by atoms with E-state index in [1.165, 1.54) is 6.07 Å². The highest BCUT2D eigenvalue weighted by Gasteiger charge is 2.37. The number of aromatic hydroxyl groups is 1. The molecule has 5 aromatic rings. The number of carbonyl (C=O) groups excluding carboxylic acids is 3. The van der Waals surface area contributed by atoms with Crippen LogP contribution in [0.15, 0.2) is 90.7 Å². The first-order valence-corrected chi connectivity index (χ1v) is 21.7. The number of nitrogens with one attached hydrogen (secondary N) is 2. The number of carbonyl (C=O) groups is 3. The second-order valence-electron chi connectivity index (χ2n) is 17.5. The molecular weight excluding hydrogens is 800 g/mol. The number of phenolic OH excluding ortho intramolecular Hbond substituents is 1. The van der Waals surface area contributed by atoms with Crippen LogP contribution in [0.2, 0.25) is 0 Å². The van der Waals surface area contributed by atoms with Gasteiger partial charge in [-0.3, -0.25) is 19.4 Å². The van der Waals surface area contributed by atoms with Crippen molar-refractivity contribution < 1.29 is 28.6 Å². The molecule has 14 heteroatoms. The number of hydrogen-bond donors (Lipinski definition) is 4. The van der Waals surface area contributed by atoms with Gasteiger partial charge in [0.1, 0.15) is 29.2 Å². The van der Waals surface area contributed by atoms with Gasteiger partial charge in [0.05, 0.1) is 46.8 Å². The number of aromatic amines is 1. The molecule has 5 atom stereocenters. The average molecular weight is 855 g/mol. The van der Waals surface area contributed by atoms with Crippen molar-refractivity contribution in [3.05, 3.63) is 108 Å². The molecule has 3 aromatic carbocycles. The normalized spacial score (nSPS) is 19.9. The van der Waals surface area contributed by atoms with Crippen molar-refractivity contribution in [1.29, 1.82) is 0 Å². The van der Waals surface area contributed by atoms with Gasteiger partial charge in [0.2, 0.25) is 24.5 Å². The molecule has 5 N–H and O–H groups in total. The van der Waals surface area contributed by atoms with E-state index in [-0.39, 0.29) is 47.0 Å². The van der Waals surface area contributed by atoms with E-state index in [2.05, 4.69) is 16.9 Å². The quantitative estimate of drug-likeness (QED) is 0.0530. The minimum atomic E-state index is -0.759. The van der Waals surface area contributed by atoms with Crippen LogP contribution in [0.25, 0.3) is 39.0 Å². The van der Waals surface area contributed by atoms with Gasteiger partial charge < -0.3 is 40.2 Å². The number of aromatic nitrogens is 3. The predicted octanol–water partition coefficient (Wildman–Crippen LogP) is 7.88. The predicted molar refractivity (Wildman–Crippen MR) is 242 cm³/mol. The molecule has 0 saturated carbocycles. The fourth-order valence-corrected chi connectivity index (χ4v) is 9.22. The summed E-state index contributed by atoms with van der Waals surface area (Å²) in [6.45, 7) is 14.8. The first-order valence-electron chi connectivity index (χ1n) is 21.7. The molecule has 63 heavy (non-hydrogen) atoms. The Balaban J connectivity index is 1.13. The molecule has 0 spiro atoms. The lowest BCUT2D eigenvalue weighted by Gasteiger charge is -2.31. The van der Waals surface area contributed by atoms with E-state index in [1.54, 1.807) is 47.6 Å². The van der Waals surface area contributed by atoms with Crippen LogP contribution < -0.4 is 15.8 Å². The lowest BCUT2D eigenvalue weighted by atomic mass is 9.99. The largest absolute Gasteiger partial charge is 0.508 e. The first-order chi connectivity index (χ1) is 30.3. The summed E-state index contributed by atoms with van der Waals surface area (Å²) < 4.78 is 25.4. The number of H-pyrrole nitrogens is 1. The van der Waals surface area contributed by atoms with E-state index >= 15 is 4.39 Å². The number of allylic oxidation sites excluding steroid dienone is 2. The van der Waals surface area contributed by atoms with Crippen molar-refractivity contribution in [1.82, 2.24) is 29.7 Å². The Morgan fingerprint density at radius 1 is 1.03 bits per heavy atom. The molecule has 0 radical (unpaired) electrons. The molecule has 0 aliphatic carbocycles. The highest BCUT2D eigenvalue weighted by atomic mass is 19.1. The molecule has 328 valence electrons. The topological polar surface area (TPSA) is 171 Å². The van der Waals surface area contributed by atoms with Crippen molar-refractivity contribution >= 4 is 40.4 Å². The maximum atomic E-state index is 16.7. The molecule has 1 unspecified atom stereocenters. The molecule has 13 nitrogen and oxygen atoms in total. The maximum absolute atomic E-state index is 16.7. The standard InChI is InChI=1S/C49H55FN8O5/c1-7-30(24-52-29(6)38-13-9-17-56(38)48(62)45(28(4)5)54-26-59)33-21-36(50)43-41-22-34-19-31(37-25-53-46(55-37)40-14-10-18-57(40)47(61)44(51)27(2)3)15-16-39(34)58(41)49(63-42(43)23-33)32-11-8-12-35(60)20-32/h7-8,11-12,15-16,19-28,38,40,44-45,49,60H,1,9-10,13-14,17-18,51H2,2-6H3,(H,53,55)(H,54,59)/b30-24+,52-29+/t38-,40-,44-,45-,49?/m0/s1. The van der Waals surface area contributed by atoms with Crippen LogP contribution >= 0.6 is 0 Å². The lowest BCUT2D eigenvalue weighted by molar-refractivity contribution is -0.136. The third-order valence-electron chi connectivity index (χ3n) is 12.7. The number of phenols is 1. The third kappa shape index (κ3) is 8.15. The number of rotatable bonds is 13. The smallest absolute Gasteiger partial charge is 0.245 e. The number of imidazole rings is 1. The molecular formula is C49H55FN8O5. The number of nitrogens with two attached hydrogens (primary N) is 1. The second kappa shape index (κ2) is 17.7. The summed E-state index contributed by atoms with van der Waals surface area (Å²) in [4.78, 5) is 54.6. The van der Waals surface area contributed by atoms with E-state index < -0.39 is 24.1 Å². The van der Waals surface area contributed by atoms with Gasteiger partial charge in [-0.05, 0) is 98.0 Å². The lowest BCUT2D eigenvalue weighted by Crippen LogP contribution is -2.51. The molecule has 3 aliphatic heterocycles. The number of halogens is 1. The average Bonchev–Trinajstić information content (AvgIpc) is 4.10. The number of aliphatic imine (C=N–C) groups is 1. The van der Waals surface area contributed by atoms with Crippen LogP contribution in [0.5, 0.6) is 11.5 Å². The van der Waals surface area contributed by atoms with Crippen LogP contribution in [0.4, 0.5) is 4.39 Å². The molecule has 8 rings (SSSR count). The van der Waals surface area contributed by atoms with Crippen molar-refractivity contribution in [2.75, 3.05) is 13.1 Å². The highest BCUT2D eigenvalue weighted by molar-refractivity contribution is 5.95. The maximum Gasteiger partial charge on any atom is 0.245 e. The molecule has 0 bridgehead atoms. The van der Waals surface area contributed by atoms with E-state index in [0.29, 0.717) is 59.2 Å². The Bertz CT molecular complexity index is 2640. The zero-order valence-electron chi connectivity index (χ0n) is 36.3. The molecule has 5 heterocycles. The van der Waals surface area contributed by atoms with Gasteiger partial charge in [0.25, 0.3) is 0 Å². The zero-order chi connectivity index (χ0) is 44.7. The van der Waals surface area contributed by atoms with Gasteiger partial charge in [-0.15, -0.1) is 0 Å². The Hall–Kier alpha value is -6.54. The molecule has 3 amide bonds. The monoisotopic (exact) mass is 854 g/mol. The number of fused-ring (bicyclic) bond motifs is 5. The van der Waals surface area contributed by atoms with E-state index in [0.717, 1.165) is 47.8 Å². The van der Waals surface area contributed by atoms with E-state index in [4.69, 9.17) is 20.4 Å². The van der Waals surface area contributed by atoms with Crippen molar-refractivity contribution in [3.8, 4) is 34.0 Å². The Morgan fingerprint density at radius 3 is 2.54 bits per heavy atom. The number of ether oxygens (including phenoxy) is 1. The Kier molecular flexibility index (Phi) is 12.1. The summed E-state index contributed by atoms with van der Waals surface area (Å²) in [7, 11) is 0. The van der Waals surface area contributed by atoms with Crippen molar-refractivity contribution in [3.63, 3.8) is 0 Å². The van der Waals surface area contributed by atoms with Gasteiger partial charge in [-0.2, -0.15) is 0 Å². The van der Waals surface area contributed by atoms with Crippen LogP contribution in [0, 0.1) is 17.7 Å². The third-order valence-corrected chi connectivity index (χ3v) is 12.7. The Labute approximate surface area is 366 Å². The second-order valence-corrected chi connectivity index (χ2v) is 17.5. The minimum absolute atomic E-state index is 0.0216. The Morgan fingerprint density at radius 2 is 1.81 bits per heavy atom. The van der Waals surface area contributed by atoms with Crippen LogP contribution in [0.1, 0.15) is 89.5 Å². The van der Waals surface area contributed by atoms with Crippen molar-refractivity contribution in [2.45, 2.75) is 90.7 Å². The van der Waals surface area contributed by atoms with Gasteiger partial charge in [0.15, 0.2) is 0 Å². The van der Waals surface area contributed by atoms with Crippen LogP contribution in [-0.4, -0.2) is 84.6 Å². The van der Waals surface area contributed by atoms with Crippen LogP contribution in [-0.2, 0) is 14.4 Å². The molecule has 2 aromatic heterocycles. The number of hydrogen-bond acceptors (Lipinski definition) is 8. The van der Waals surface area contributed by atoms with Gasteiger partial charge in [-0.1, -0.05) is 58.5 Å². The SMILES string of the molecule is C=C/C(=C\N=C(/C)[C@@H]1CCCN1C(=O)[C@@H](NC=O)C(C)C)c1cc(F)c2c(c1)OC(c1cccc(O)c1)n1c-2cc2cc(-c3cnc([C@@H]4CCCN4C(=O)[C@@H](N)C(C)C)[nH]3)ccc21. The van der Waals surface area contributed by atoms with Gasteiger partial charge >= 0.3 is 0 Å². The van der Waals surface area contributed by atoms with E-state index in [9.17, 15) is 19.5 Å². The summed E-state index contributed by atoms with van der Waals surface area (Å²) in [6.07, 6.45) is 8.01. The summed E-state index contributed by atoms with van der Waals surface area (Å²) in [5.41, 5.74) is 12.0. The first kappa shape index (κ1) is 43.1.